The second-order valence-electron chi connectivity index (χ2n) is 4.14. The Kier molecular flexibility index (Phi) is 4.66. The first kappa shape index (κ1) is 14.7. The summed E-state index contributed by atoms with van der Waals surface area (Å²) in [5, 5.41) is 0. The maximum absolute atomic E-state index is 11.5. The van der Waals surface area contributed by atoms with E-state index in [2.05, 4.69) is 4.74 Å². The van der Waals surface area contributed by atoms with Gasteiger partial charge in [0.05, 0.1) is 27.6 Å². The zero-order valence-corrected chi connectivity index (χ0v) is 12.1. The van der Waals surface area contributed by atoms with Crippen LogP contribution in [0.2, 0.25) is 0 Å². The third-order valence-corrected chi connectivity index (χ3v) is 2.93. The molecule has 5 heteroatoms. The van der Waals surface area contributed by atoms with Crippen LogP contribution in [0.5, 0.6) is 11.5 Å². The molecule has 1 heterocycles. The van der Waals surface area contributed by atoms with Crippen LogP contribution in [0.15, 0.2) is 34.9 Å². The maximum Gasteiger partial charge on any atom is 0.374 e. The molecule has 2 rings (SSSR count). The summed E-state index contributed by atoms with van der Waals surface area (Å²) in [5.74, 6) is 0.967. The lowest BCUT2D eigenvalue weighted by Crippen LogP contribution is -2.00. The van der Waals surface area contributed by atoms with Gasteiger partial charge in [-0.2, -0.15) is 0 Å². The molecule has 21 heavy (non-hydrogen) atoms. The van der Waals surface area contributed by atoms with Gasteiger partial charge in [0.2, 0.25) is 5.76 Å². The Morgan fingerprint density at radius 3 is 2.48 bits per heavy atom. The zero-order chi connectivity index (χ0) is 15.2. The normalized spacial score (nSPS) is 10.6. The fraction of sp³-hybridized carbons (Fsp3) is 0.188. The Balaban J connectivity index is 2.26. The van der Waals surface area contributed by atoms with E-state index < -0.39 is 5.97 Å². The molecule has 0 bridgehead atoms. The first-order valence-corrected chi connectivity index (χ1v) is 6.25. The van der Waals surface area contributed by atoms with Crippen LogP contribution in [0, 0.1) is 0 Å². The maximum atomic E-state index is 11.5. The molecule has 2 aromatic rings. The molecule has 0 fully saturated rings. The predicted molar refractivity (Wildman–Crippen MR) is 78.5 cm³/mol. The molecule has 0 atom stereocenters. The van der Waals surface area contributed by atoms with Gasteiger partial charge >= 0.3 is 5.97 Å². The quantitative estimate of drug-likeness (QED) is 0.790. The van der Waals surface area contributed by atoms with Crippen LogP contribution >= 0.6 is 0 Å². The molecule has 110 valence electrons. The third kappa shape index (κ3) is 3.25. The number of hydrogen-bond donors (Lipinski definition) is 0. The van der Waals surface area contributed by atoms with Crippen LogP contribution in [-0.4, -0.2) is 27.3 Å². The fourth-order valence-corrected chi connectivity index (χ4v) is 1.85. The van der Waals surface area contributed by atoms with Crippen LogP contribution in [-0.2, 0) is 4.74 Å². The van der Waals surface area contributed by atoms with Crippen molar-refractivity contribution in [2.45, 2.75) is 0 Å². The molecule has 1 aromatic carbocycles. The summed E-state index contributed by atoms with van der Waals surface area (Å²) in [6, 6.07) is 7.24. The molecule has 0 amide bonds. The molecule has 0 unspecified atom stereocenters. The summed E-state index contributed by atoms with van der Waals surface area (Å²) in [6.07, 6.45) is 5.07. The number of rotatable bonds is 5. The molecule has 0 spiro atoms. The highest BCUT2D eigenvalue weighted by Gasteiger charge is 2.13. The summed E-state index contributed by atoms with van der Waals surface area (Å²) in [4.78, 5) is 11.5. The number of carbonyl (C=O) groups is 1. The van der Waals surface area contributed by atoms with E-state index in [9.17, 15) is 4.79 Å². The van der Waals surface area contributed by atoms with Crippen molar-refractivity contribution >= 4 is 18.1 Å². The van der Waals surface area contributed by atoms with Gasteiger partial charge in [0.25, 0.3) is 0 Å². The molecule has 0 aliphatic rings. The van der Waals surface area contributed by atoms with E-state index in [0.29, 0.717) is 17.1 Å². The van der Waals surface area contributed by atoms with Gasteiger partial charge in [-0.3, -0.25) is 0 Å². The highest BCUT2D eigenvalue weighted by molar-refractivity contribution is 5.92. The number of benzene rings is 1. The lowest BCUT2D eigenvalue weighted by molar-refractivity contribution is 0.0565. The third-order valence-electron chi connectivity index (χ3n) is 2.93. The molecule has 0 N–H and O–H groups in total. The molecule has 0 saturated heterocycles. The van der Waals surface area contributed by atoms with Crippen molar-refractivity contribution in [1.29, 1.82) is 0 Å². The fourth-order valence-electron chi connectivity index (χ4n) is 1.85. The Morgan fingerprint density at radius 1 is 1.05 bits per heavy atom. The van der Waals surface area contributed by atoms with Crippen LogP contribution in [0.25, 0.3) is 12.2 Å². The highest BCUT2D eigenvalue weighted by atomic mass is 16.5. The number of furan rings is 1. The standard InChI is InChI=1S/C16H16O5/c1-18-13-7-5-11(10-14(13)19-2)4-6-12-8-9-21-15(12)16(17)20-3/h4-10H,1-3H3/b6-4+. The van der Waals surface area contributed by atoms with Crippen molar-refractivity contribution in [1.82, 2.24) is 0 Å². The Morgan fingerprint density at radius 2 is 1.81 bits per heavy atom. The van der Waals surface area contributed by atoms with E-state index in [0.717, 1.165) is 5.56 Å². The van der Waals surface area contributed by atoms with Crippen molar-refractivity contribution in [3.63, 3.8) is 0 Å². The summed E-state index contributed by atoms with van der Waals surface area (Å²) in [7, 11) is 4.48. The van der Waals surface area contributed by atoms with Crippen molar-refractivity contribution < 1.29 is 23.4 Å². The van der Waals surface area contributed by atoms with Crippen molar-refractivity contribution in [2.75, 3.05) is 21.3 Å². The molecule has 5 nitrogen and oxygen atoms in total. The van der Waals surface area contributed by atoms with E-state index in [-0.39, 0.29) is 5.76 Å². The largest absolute Gasteiger partial charge is 0.493 e. The molecule has 0 saturated carbocycles. The average molecular weight is 288 g/mol. The van der Waals surface area contributed by atoms with Crippen LogP contribution < -0.4 is 9.47 Å². The second kappa shape index (κ2) is 6.65. The van der Waals surface area contributed by atoms with Crippen molar-refractivity contribution in [3.05, 3.63) is 47.4 Å². The van der Waals surface area contributed by atoms with Crippen molar-refractivity contribution in [2.24, 2.45) is 0 Å². The summed E-state index contributed by atoms with van der Waals surface area (Å²) < 4.78 is 20.2. The smallest absolute Gasteiger partial charge is 0.374 e. The van der Waals surface area contributed by atoms with Crippen LogP contribution in [0.4, 0.5) is 0 Å². The number of hydrogen-bond acceptors (Lipinski definition) is 5. The highest BCUT2D eigenvalue weighted by Crippen LogP contribution is 2.28. The number of carbonyl (C=O) groups excluding carboxylic acids is 1. The Labute approximate surface area is 122 Å². The van der Waals surface area contributed by atoms with Gasteiger partial charge in [0.15, 0.2) is 11.5 Å². The van der Waals surface area contributed by atoms with E-state index >= 15 is 0 Å². The molecule has 1 aromatic heterocycles. The minimum Gasteiger partial charge on any atom is -0.493 e. The Bertz CT molecular complexity index is 654. The number of esters is 1. The second-order valence-corrected chi connectivity index (χ2v) is 4.14. The van der Waals surface area contributed by atoms with Gasteiger partial charge in [-0.1, -0.05) is 18.2 Å². The van der Waals surface area contributed by atoms with Crippen molar-refractivity contribution in [3.8, 4) is 11.5 Å². The summed E-state index contributed by atoms with van der Waals surface area (Å²) in [5.41, 5.74) is 1.56. The van der Waals surface area contributed by atoms with Gasteiger partial charge in [0.1, 0.15) is 0 Å². The lowest BCUT2D eigenvalue weighted by Gasteiger charge is -2.07. The SMILES string of the molecule is COC(=O)c1occc1/C=C/c1ccc(OC)c(OC)c1. The molecule has 0 aliphatic carbocycles. The van der Waals surface area contributed by atoms with Gasteiger partial charge < -0.3 is 18.6 Å². The van der Waals surface area contributed by atoms with Gasteiger partial charge in [-0.05, 0) is 23.8 Å². The minimum atomic E-state index is -0.507. The van der Waals surface area contributed by atoms with Crippen LogP contribution in [0.1, 0.15) is 21.7 Å². The number of methoxy groups -OCH3 is 3. The molecular formula is C16H16O5. The Hall–Kier alpha value is -2.69. The van der Waals surface area contributed by atoms with E-state index in [1.54, 1.807) is 26.4 Å². The zero-order valence-electron chi connectivity index (χ0n) is 12.1. The van der Waals surface area contributed by atoms with Crippen LogP contribution in [0.3, 0.4) is 0 Å². The minimum absolute atomic E-state index is 0.175. The molecular weight excluding hydrogens is 272 g/mol. The predicted octanol–water partition coefficient (Wildman–Crippen LogP) is 3.25. The van der Waals surface area contributed by atoms with Gasteiger partial charge in [0, 0.05) is 5.56 Å². The van der Waals surface area contributed by atoms with Gasteiger partial charge in [-0.15, -0.1) is 0 Å². The molecule has 0 aliphatic heterocycles. The monoisotopic (exact) mass is 288 g/mol. The van der Waals surface area contributed by atoms with E-state index in [4.69, 9.17) is 13.9 Å². The summed E-state index contributed by atoms with van der Waals surface area (Å²) >= 11 is 0. The van der Waals surface area contributed by atoms with E-state index in [1.807, 2.05) is 24.3 Å². The first-order chi connectivity index (χ1) is 10.2. The number of ether oxygens (including phenoxy) is 3. The molecule has 0 radical (unpaired) electrons. The first-order valence-electron chi connectivity index (χ1n) is 6.25. The average Bonchev–Trinajstić information content (AvgIpc) is 3.00. The van der Waals surface area contributed by atoms with Gasteiger partial charge in [-0.25, -0.2) is 4.79 Å². The summed E-state index contributed by atoms with van der Waals surface area (Å²) in [6.45, 7) is 0. The lowest BCUT2D eigenvalue weighted by atomic mass is 10.1. The van der Waals surface area contributed by atoms with E-state index in [1.165, 1.54) is 13.4 Å². The topological polar surface area (TPSA) is 57.9 Å².